The minimum Gasteiger partial charge on any atom is -0.493 e. The summed E-state index contributed by atoms with van der Waals surface area (Å²) in [4.78, 5) is 19.6. The molecule has 1 atom stereocenters. The van der Waals surface area contributed by atoms with Gasteiger partial charge in [0.1, 0.15) is 0 Å². The summed E-state index contributed by atoms with van der Waals surface area (Å²) in [5.74, 6) is 2.67. The van der Waals surface area contributed by atoms with Gasteiger partial charge in [-0.05, 0) is 49.4 Å². The molecule has 31 heavy (non-hydrogen) atoms. The fourth-order valence-electron chi connectivity index (χ4n) is 4.09. The quantitative estimate of drug-likeness (QED) is 0.595. The Balaban J connectivity index is 1.43. The number of amides is 1. The summed E-state index contributed by atoms with van der Waals surface area (Å²) in [5.41, 5.74) is 2.68. The highest BCUT2D eigenvalue weighted by molar-refractivity contribution is 5.95. The Hall–Kier alpha value is -3.35. The van der Waals surface area contributed by atoms with Gasteiger partial charge in [0.05, 0.1) is 14.2 Å². The molecule has 7 heteroatoms. The van der Waals surface area contributed by atoms with Crippen molar-refractivity contribution in [2.45, 2.75) is 26.2 Å². The van der Waals surface area contributed by atoms with Crippen LogP contribution in [0, 0.1) is 12.8 Å². The number of nitrogens with zero attached hydrogens (tertiary/aromatic N) is 3. The third kappa shape index (κ3) is 4.55. The minimum absolute atomic E-state index is 0.00298. The van der Waals surface area contributed by atoms with Gasteiger partial charge in [0.25, 0.3) is 5.91 Å². The average Bonchev–Trinajstić information content (AvgIpc) is 3.26. The summed E-state index contributed by atoms with van der Waals surface area (Å²) in [6, 6.07) is 13.3. The molecule has 3 aromatic rings. The Morgan fingerprint density at radius 3 is 2.74 bits per heavy atom. The van der Waals surface area contributed by atoms with Crippen LogP contribution in [-0.4, -0.2) is 48.3 Å². The lowest BCUT2D eigenvalue weighted by Crippen LogP contribution is -2.40. The van der Waals surface area contributed by atoms with Gasteiger partial charge in [-0.25, -0.2) is 0 Å². The molecule has 1 aliphatic rings. The van der Waals surface area contributed by atoms with E-state index >= 15 is 0 Å². The molecule has 0 aliphatic carbocycles. The number of hydrogen-bond donors (Lipinski definition) is 0. The van der Waals surface area contributed by atoms with E-state index in [4.69, 9.17) is 14.0 Å². The second-order valence-electron chi connectivity index (χ2n) is 7.86. The molecule has 1 aromatic heterocycles. The minimum atomic E-state index is -0.00298. The van der Waals surface area contributed by atoms with Crippen molar-refractivity contribution in [3.8, 4) is 22.9 Å². The van der Waals surface area contributed by atoms with Crippen LogP contribution in [0.3, 0.4) is 0 Å². The molecular weight excluding hydrogens is 394 g/mol. The summed E-state index contributed by atoms with van der Waals surface area (Å²) >= 11 is 0. The first-order valence-corrected chi connectivity index (χ1v) is 10.5. The molecule has 1 aliphatic heterocycles. The normalized spacial score (nSPS) is 16.2. The highest BCUT2D eigenvalue weighted by Gasteiger charge is 2.27. The van der Waals surface area contributed by atoms with Crippen LogP contribution in [0.1, 0.15) is 34.7 Å². The molecule has 1 fully saturated rings. The third-order valence-corrected chi connectivity index (χ3v) is 5.75. The van der Waals surface area contributed by atoms with Gasteiger partial charge in [-0.1, -0.05) is 29.4 Å². The summed E-state index contributed by atoms with van der Waals surface area (Å²) in [6.45, 7) is 3.43. The fraction of sp³-hybridized carbons (Fsp3) is 0.375. The summed E-state index contributed by atoms with van der Waals surface area (Å²) in [5, 5.41) is 4.16. The molecule has 7 nitrogen and oxygen atoms in total. The highest BCUT2D eigenvalue weighted by Crippen LogP contribution is 2.29. The highest BCUT2D eigenvalue weighted by atomic mass is 16.5. The van der Waals surface area contributed by atoms with Crippen LogP contribution in [0.25, 0.3) is 11.4 Å². The van der Waals surface area contributed by atoms with Crippen molar-refractivity contribution < 1.29 is 18.8 Å². The van der Waals surface area contributed by atoms with Crippen molar-refractivity contribution in [3.63, 3.8) is 0 Å². The number of piperidine rings is 1. The first kappa shape index (κ1) is 20.9. The smallest absolute Gasteiger partial charge is 0.254 e. The lowest BCUT2D eigenvalue weighted by Gasteiger charge is -2.32. The molecule has 0 spiro atoms. The van der Waals surface area contributed by atoms with Gasteiger partial charge >= 0.3 is 0 Å². The van der Waals surface area contributed by atoms with Gasteiger partial charge in [0.2, 0.25) is 11.7 Å². The number of benzene rings is 2. The molecule has 2 heterocycles. The van der Waals surface area contributed by atoms with E-state index in [2.05, 4.69) is 10.1 Å². The topological polar surface area (TPSA) is 77.7 Å². The number of likely N-dealkylation sites (tertiary alicyclic amines) is 1. The molecule has 0 saturated carbocycles. The first-order valence-electron chi connectivity index (χ1n) is 10.5. The number of carbonyl (C=O) groups is 1. The van der Waals surface area contributed by atoms with E-state index in [0.717, 1.165) is 30.5 Å². The standard InChI is InChI=1S/C24H27N3O4/c1-16-7-4-5-9-19(16)23-25-22(31-26-23)13-17-8-6-12-27(15-17)24(28)18-10-11-20(29-2)21(14-18)30-3/h4-5,7,9-11,14,17H,6,8,12-13,15H2,1-3H3. The molecule has 1 unspecified atom stereocenters. The molecule has 162 valence electrons. The average molecular weight is 421 g/mol. The Kier molecular flexibility index (Phi) is 6.21. The number of rotatable bonds is 6. The number of aromatic nitrogens is 2. The number of carbonyl (C=O) groups excluding carboxylic acids is 1. The molecule has 0 bridgehead atoms. The number of ether oxygens (including phenoxy) is 2. The SMILES string of the molecule is COc1ccc(C(=O)N2CCCC(Cc3nc(-c4ccccc4C)no3)C2)cc1OC. The molecule has 4 rings (SSSR count). The maximum atomic E-state index is 13.1. The van der Waals surface area contributed by atoms with Crippen LogP contribution in [0.15, 0.2) is 47.0 Å². The zero-order valence-corrected chi connectivity index (χ0v) is 18.1. The van der Waals surface area contributed by atoms with E-state index in [-0.39, 0.29) is 11.8 Å². The third-order valence-electron chi connectivity index (χ3n) is 5.75. The maximum absolute atomic E-state index is 13.1. The summed E-state index contributed by atoms with van der Waals surface area (Å²) in [6.07, 6.45) is 2.63. The van der Waals surface area contributed by atoms with E-state index < -0.39 is 0 Å². The number of methoxy groups -OCH3 is 2. The van der Waals surface area contributed by atoms with Gasteiger partial charge in [-0.3, -0.25) is 4.79 Å². The Morgan fingerprint density at radius 1 is 1.16 bits per heavy atom. The zero-order valence-electron chi connectivity index (χ0n) is 18.1. The van der Waals surface area contributed by atoms with E-state index in [1.165, 1.54) is 0 Å². The zero-order chi connectivity index (χ0) is 21.8. The van der Waals surface area contributed by atoms with Crippen molar-refractivity contribution in [1.82, 2.24) is 15.0 Å². The van der Waals surface area contributed by atoms with Crippen LogP contribution in [0.2, 0.25) is 0 Å². The lowest BCUT2D eigenvalue weighted by atomic mass is 9.94. The van der Waals surface area contributed by atoms with Crippen molar-refractivity contribution in [2.24, 2.45) is 5.92 Å². The van der Waals surface area contributed by atoms with E-state index in [0.29, 0.717) is 41.7 Å². The predicted molar refractivity (Wildman–Crippen MR) is 116 cm³/mol. The monoisotopic (exact) mass is 421 g/mol. The second kappa shape index (κ2) is 9.20. The molecule has 2 aromatic carbocycles. The van der Waals surface area contributed by atoms with Gasteiger partial charge in [-0.2, -0.15) is 4.98 Å². The largest absolute Gasteiger partial charge is 0.493 e. The van der Waals surface area contributed by atoms with Crippen LogP contribution >= 0.6 is 0 Å². The van der Waals surface area contributed by atoms with Gasteiger partial charge in [0.15, 0.2) is 11.5 Å². The number of aryl methyl sites for hydroxylation is 1. The maximum Gasteiger partial charge on any atom is 0.254 e. The summed E-state index contributed by atoms with van der Waals surface area (Å²) < 4.78 is 16.1. The first-order chi connectivity index (χ1) is 15.1. The number of hydrogen-bond acceptors (Lipinski definition) is 6. The Morgan fingerprint density at radius 2 is 1.97 bits per heavy atom. The predicted octanol–water partition coefficient (Wildman–Crippen LogP) is 4.16. The lowest BCUT2D eigenvalue weighted by molar-refractivity contribution is 0.0667. The van der Waals surface area contributed by atoms with Crippen molar-refractivity contribution in [2.75, 3.05) is 27.3 Å². The Labute approximate surface area is 182 Å². The van der Waals surface area contributed by atoms with Crippen LogP contribution < -0.4 is 9.47 Å². The Bertz CT molecular complexity index is 1060. The van der Waals surface area contributed by atoms with Crippen molar-refractivity contribution >= 4 is 5.91 Å². The van der Waals surface area contributed by atoms with E-state index in [1.54, 1.807) is 32.4 Å². The van der Waals surface area contributed by atoms with E-state index in [1.807, 2.05) is 36.1 Å². The van der Waals surface area contributed by atoms with E-state index in [9.17, 15) is 4.79 Å². The van der Waals surface area contributed by atoms with Gasteiger partial charge in [0, 0.05) is 30.6 Å². The van der Waals surface area contributed by atoms with Crippen LogP contribution in [-0.2, 0) is 6.42 Å². The molecule has 0 radical (unpaired) electrons. The van der Waals surface area contributed by atoms with Crippen LogP contribution in [0.4, 0.5) is 0 Å². The second-order valence-corrected chi connectivity index (χ2v) is 7.86. The molecular formula is C24H27N3O4. The van der Waals surface area contributed by atoms with Crippen molar-refractivity contribution in [1.29, 1.82) is 0 Å². The van der Waals surface area contributed by atoms with Gasteiger partial charge < -0.3 is 18.9 Å². The fourth-order valence-corrected chi connectivity index (χ4v) is 4.09. The molecule has 1 amide bonds. The summed E-state index contributed by atoms with van der Waals surface area (Å²) in [7, 11) is 3.15. The molecule has 0 N–H and O–H groups in total. The van der Waals surface area contributed by atoms with Gasteiger partial charge in [-0.15, -0.1) is 0 Å². The molecule has 1 saturated heterocycles. The van der Waals surface area contributed by atoms with Crippen LogP contribution in [0.5, 0.6) is 11.5 Å². The van der Waals surface area contributed by atoms with Crippen molar-refractivity contribution in [3.05, 3.63) is 59.5 Å².